The SMILES string of the molecule is Cc1ccc2occ(CC(=O)N3CCC(c4nn[nH]n4)CC3)c2c1. The number of aryl methyl sites for hydroxylation is 1. The van der Waals surface area contributed by atoms with Crippen LogP contribution in [-0.2, 0) is 11.2 Å². The topological polar surface area (TPSA) is 87.9 Å². The van der Waals surface area contributed by atoms with Gasteiger partial charge in [0.25, 0.3) is 0 Å². The second-order valence-corrected chi connectivity index (χ2v) is 6.36. The molecule has 1 aliphatic heterocycles. The highest BCUT2D eigenvalue weighted by Crippen LogP contribution is 2.27. The predicted octanol–water partition coefficient (Wildman–Crippen LogP) is 2.20. The number of hydrogen-bond acceptors (Lipinski definition) is 5. The number of aromatic nitrogens is 4. The Morgan fingerprint density at radius 3 is 2.96 bits per heavy atom. The van der Waals surface area contributed by atoms with Crippen LogP contribution in [0.25, 0.3) is 11.0 Å². The molecule has 3 heterocycles. The Labute approximate surface area is 139 Å². The summed E-state index contributed by atoms with van der Waals surface area (Å²) < 4.78 is 5.56. The molecular weight excluding hydrogens is 306 g/mol. The summed E-state index contributed by atoms with van der Waals surface area (Å²) in [5.41, 5.74) is 2.96. The van der Waals surface area contributed by atoms with Crippen LogP contribution >= 0.6 is 0 Å². The van der Waals surface area contributed by atoms with Gasteiger partial charge in [0.1, 0.15) is 5.58 Å². The molecule has 3 aromatic rings. The van der Waals surface area contributed by atoms with E-state index in [-0.39, 0.29) is 11.8 Å². The first-order chi connectivity index (χ1) is 11.7. The van der Waals surface area contributed by atoms with Crippen molar-refractivity contribution in [3.8, 4) is 0 Å². The van der Waals surface area contributed by atoms with E-state index >= 15 is 0 Å². The Kier molecular flexibility index (Phi) is 3.76. The van der Waals surface area contributed by atoms with Gasteiger partial charge in [-0.05, 0) is 31.9 Å². The lowest BCUT2D eigenvalue weighted by atomic mass is 9.95. The number of likely N-dealkylation sites (tertiary alicyclic amines) is 1. The maximum Gasteiger partial charge on any atom is 0.227 e. The number of rotatable bonds is 3. The van der Waals surface area contributed by atoms with Gasteiger partial charge in [-0.3, -0.25) is 4.79 Å². The highest BCUT2D eigenvalue weighted by molar-refractivity contribution is 5.88. The summed E-state index contributed by atoms with van der Waals surface area (Å²) in [4.78, 5) is 14.5. The molecule has 1 saturated heterocycles. The summed E-state index contributed by atoms with van der Waals surface area (Å²) >= 11 is 0. The van der Waals surface area contributed by atoms with E-state index in [1.807, 2.05) is 24.0 Å². The van der Waals surface area contributed by atoms with Crippen LogP contribution in [0.2, 0.25) is 0 Å². The van der Waals surface area contributed by atoms with Gasteiger partial charge in [-0.25, -0.2) is 0 Å². The fourth-order valence-corrected chi connectivity index (χ4v) is 3.34. The van der Waals surface area contributed by atoms with E-state index < -0.39 is 0 Å². The standard InChI is InChI=1S/C17H19N5O2/c1-11-2-3-15-14(8-11)13(10-24-15)9-16(23)22-6-4-12(5-7-22)17-18-20-21-19-17/h2-3,8,10,12H,4-7,9H2,1H3,(H,18,19,20,21). The number of hydrogen-bond donors (Lipinski definition) is 1. The summed E-state index contributed by atoms with van der Waals surface area (Å²) in [6, 6.07) is 6.04. The zero-order valence-corrected chi connectivity index (χ0v) is 13.5. The second-order valence-electron chi connectivity index (χ2n) is 6.36. The molecule has 2 aromatic heterocycles. The minimum atomic E-state index is 0.144. The Morgan fingerprint density at radius 1 is 1.38 bits per heavy atom. The van der Waals surface area contributed by atoms with Crippen molar-refractivity contribution in [2.45, 2.75) is 32.1 Å². The van der Waals surface area contributed by atoms with Gasteiger partial charge >= 0.3 is 0 Å². The van der Waals surface area contributed by atoms with Crippen molar-refractivity contribution in [3.05, 3.63) is 41.4 Å². The van der Waals surface area contributed by atoms with Gasteiger partial charge in [0.2, 0.25) is 5.91 Å². The molecule has 124 valence electrons. The highest BCUT2D eigenvalue weighted by atomic mass is 16.3. The van der Waals surface area contributed by atoms with Crippen LogP contribution in [0.5, 0.6) is 0 Å². The zero-order valence-electron chi connectivity index (χ0n) is 13.5. The molecule has 0 unspecified atom stereocenters. The van der Waals surface area contributed by atoms with Crippen molar-refractivity contribution in [1.29, 1.82) is 0 Å². The summed E-state index contributed by atoms with van der Waals surface area (Å²) in [5, 5.41) is 15.2. The molecule has 0 saturated carbocycles. The van der Waals surface area contributed by atoms with Crippen molar-refractivity contribution in [2.75, 3.05) is 13.1 Å². The van der Waals surface area contributed by atoms with Crippen LogP contribution in [0.4, 0.5) is 0 Å². The number of amides is 1. The van der Waals surface area contributed by atoms with Gasteiger partial charge in [-0.15, -0.1) is 10.2 Å². The first-order valence-electron chi connectivity index (χ1n) is 8.18. The molecule has 1 N–H and O–H groups in total. The quantitative estimate of drug-likeness (QED) is 0.797. The van der Waals surface area contributed by atoms with E-state index in [1.54, 1.807) is 6.26 Å². The highest BCUT2D eigenvalue weighted by Gasteiger charge is 2.26. The van der Waals surface area contributed by atoms with E-state index in [4.69, 9.17) is 4.42 Å². The first-order valence-corrected chi connectivity index (χ1v) is 8.18. The lowest BCUT2D eigenvalue weighted by molar-refractivity contribution is -0.131. The number of piperidine rings is 1. The monoisotopic (exact) mass is 325 g/mol. The normalized spacial score (nSPS) is 16.0. The van der Waals surface area contributed by atoms with Crippen LogP contribution in [-0.4, -0.2) is 44.5 Å². The molecule has 1 fully saturated rings. The van der Waals surface area contributed by atoms with E-state index in [2.05, 4.69) is 26.7 Å². The molecule has 0 aliphatic carbocycles. The molecule has 0 atom stereocenters. The van der Waals surface area contributed by atoms with Crippen molar-refractivity contribution in [3.63, 3.8) is 0 Å². The lowest BCUT2D eigenvalue weighted by Gasteiger charge is -2.30. The van der Waals surface area contributed by atoms with Crippen molar-refractivity contribution in [1.82, 2.24) is 25.5 Å². The van der Waals surface area contributed by atoms with E-state index in [9.17, 15) is 4.79 Å². The molecule has 0 bridgehead atoms. The fraction of sp³-hybridized carbons (Fsp3) is 0.412. The molecule has 0 radical (unpaired) electrons. The number of carbonyl (C=O) groups excluding carboxylic acids is 1. The van der Waals surface area contributed by atoms with Crippen molar-refractivity contribution in [2.24, 2.45) is 0 Å². The van der Waals surface area contributed by atoms with Crippen LogP contribution in [0, 0.1) is 6.92 Å². The van der Waals surface area contributed by atoms with Gasteiger partial charge < -0.3 is 9.32 Å². The molecule has 1 aromatic carbocycles. The Balaban J connectivity index is 1.42. The number of nitrogens with one attached hydrogen (secondary N) is 1. The average molecular weight is 325 g/mol. The van der Waals surface area contributed by atoms with E-state index in [1.165, 1.54) is 5.56 Å². The summed E-state index contributed by atoms with van der Waals surface area (Å²) in [5.74, 6) is 1.18. The van der Waals surface area contributed by atoms with Gasteiger partial charge in [0.15, 0.2) is 5.82 Å². The fourth-order valence-electron chi connectivity index (χ4n) is 3.34. The van der Waals surface area contributed by atoms with E-state index in [0.717, 1.165) is 48.3 Å². The minimum absolute atomic E-state index is 0.144. The van der Waals surface area contributed by atoms with Crippen LogP contribution in [0.15, 0.2) is 28.9 Å². The molecule has 7 nitrogen and oxygen atoms in total. The summed E-state index contributed by atoms with van der Waals surface area (Å²) in [6.07, 6.45) is 3.82. The third kappa shape index (κ3) is 2.77. The lowest BCUT2D eigenvalue weighted by Crippen LogP contribution is -2.39. The van der Waals surface area contributed by atoms with Gasteiger partial charge in [0, 0.05) is 30.0 Å². The maximum atomic E-state index is 12.6. The summed E-state index contributed by atoms with van der Waals surface area (Å²) in [7, 11) is 0. The molecule has 4 rings (SSSR count). The second kappa shape index (κ2) is 6.07. The number of nitrogens with zero attached hydrogens (tertiary/aromatic N) is 4. The third-order valence-electron chi connectivity index (χ3n) is 4.73. The Morgan fingerprint density at radius 2 is 2.21 bits per heavy atom. The first kappa shape index (κ1) is 14.9. The number of fused-ring (bicyclic) bond motifs is 1. The van der Waals surface area contributed by atoms with Crippen LogP contribution in [0.1, 0.15) is 35.7 Å². The van der Waals surface area contributed by atoms with E-state index in [0.29, 0.717) is 6.42 Å². The summed E-state index contributed by atoms with van der Waals surface area (Å²) in [6.45, 7) is 3.50. The Hall–Kier alpha value is -2.70. The van der Waals surface area contributed by atoms with Crippen LogP contribution in [0.3, 0.4) is 0 Å². The number of benzene rings is 1. The third-order valence-corrected chi connectivity index (χ3v) is 4.73. The number of aromatic amines is 1. The number of H-pyrrole nitrogens is 1. The van der Waals surface area contributed by atoms with Crippen LogP contribution < -0.4 is 0 Å². The molecule has 1 aliphatic rings. The Bertz CT molecular complexity index is 847. The van der Waals surface area contributed by atoms with Gasteiger partial charge in [-0.1, -0.05) is 16.8 Å². The molecule has 1 amide bonds. The van der Waals surface area contributed by atoms with Crippen molar-refractivity contribution < 1.29 is 9.21 Å². The molecule has 24 heavy (non-hydrogen) atoms. The maximum absolute atomic E-state index is 12.6. The minimum Gasteiger partial charge on any atom is -0.464 e. The van der Waals surface area contributed by atoms with Gasteiger partial charge in [0.05, 0.1) is 12.7 Å². The molecule has 7 heteroatoms. The zero-order chi connectivity index (χ0) is 16.5. The van der Waals surface area contributed by atoms with Crippen molar-refractivity contribution >= 4 is 16.9 Å². The molecule has 0 spiro atoms. The average Bonchev–Trinajstić information content (AvgIpc) is 3.25. The number of furan rings is 1. The molecular formula is C17H19N5O2. The number of tetrazole rings is 1. The van der Waals surface area contributed by atoms with Gasteiger partial charge in [-0.2, -0.15) is 5.21 Å². The largest absolute Gasteiger partial charge is 0.464 e. The smallest absolute Gasteiger partial charge is 0.227 e. The predicted molar refractivity (Wildman–Crippen MR) is 87.4 cm³/mol. The number of carbonyl (C=O) groups is 1.